The fourth-order valence-corrected chi connectivity index (χ4v) is 4.43. The smallest absolute Gasteiger partial charge is 0.363 e. The average molecular weight is 529 g/mol. The molecular formula is C28H40N4O6. The number of amides is 3. The summed E-state index contributed by atoms with van der Waals surface area (Å²) < 4.78 is 10.7. The lowest BCUT2D eigenvalue weighted by Crippen LogP contribution is -2.53. The summed E-state index contributed by atoms with van der Waals surface area (Å²) in [5.41, 5.74) is 0.391. The van der Waals surface area contributed by atoms with Crippen LogP contribution in [0.15, 0.2) is 36.0 Å². The van der Waals surface area contributed by atoms with E-state index in [1.165, 1.54) is 0 Å². The Hall–Kier alpha value is -3.40. The first-order valence-electron chi connectivity index (χ1n) is 13.3. The highest BCUT2D eigenvalue weighted by molar-refractivity contribution is 6.04. The highest BCUT2D eigenvalue weighted by Crippen LogP contribution is 2.37. The molecule has 10 heteroatoms. The zero-order chi connectivity index (χ0) is 28.0. The first-order chi connectivity index (χ1) is 18.0. The number of nitrogens with zero attached hydrogens (tertiary/aromatic N) is 1. The van der Waals surface area contributed by atoms with Crippen molar-refractivity contribution in [1.29, 1.82) is 0 Å². The molecule has 208 valence electrons. The molecule has 2 aliphatic heterocycles. The molecule has 1 fully saturated rings. The maximum Gasteiger partial charge on any atom is 0.363 e. The lowest BCUT2D eigenvalue weighted by Gasteiger charge is -2.26. The molecule has 0 bridgehead atoms. The quantitative estimate of drug-likeness (QED) is 0.280. The van der Waals surface area contributed by atoms with Crippen molar-refractivity contribution in [3.63, 3.8) is 0 Å². The Morgan fingerprint density at radius 2 is 1.84 bits per heavy atom. The van der Waals surface area contributed by atoms with Crippen molar-refractivity contribution in [3.8, 4) is 0 Å². The van der Waals surface area contributed by atoms with Crippen LogP contribution in [0, 0.1) is 11.8 Å². The van der Waals surface area contributed by atoms with Gasteiger partial charge in [-0.15, -0.1) is 0 Å². The molecule has 3 unspecified atom stereocenters. The molecule has 1 aromatic carbocycles. The monoisotopic (exact) mass is 528 g/mol. The molecule has 0 spiro atoms. The van der Waals surface area contributed by atoms with Gasteiger partial charge >= 0.3 is 5.97 Å². The zero-order valence-electron chi connectivity index (χ0n) is 23.1. The summed E-state index contributed by atoms with van der Waals surface area (Å²) in [6, 6.07) is 6.89. The van der Waals surface area contributed by atoms with Crippen LogP contribution in [0.1, 0.15) is 53.0 Å². The Labute approximate surface area is 224 Å². The van der Waals surface area contributed by atoms with E-state index in [2.05, 4.69) is 29.8 Å². The third-order valence-electron chi connectivity index (χ3n) is 6.49. The number of fused-ring (bicyclic) bond motifs is 1. The molecule has 2 aliphatic rings. The molecular weight excluding hydrogens is 488 g/mol. The molecule has 3 atom stereocenters. The van der Waals surface area contributed by atoms with Crippen LogP contribution in [0.4, 0.5) is 5.69 Å². The van der Waals surface area contributed by atoms with Gasteiger partial charge in [-0.2, -0.15) is 0 Å². The minimum absolute atomic E-state index is 0.0429. The number of epoxide rings is 1. The third-order valence-corrected chi connectivity index (χ3v) is 6.49. The maximum absolute atomic E-state index is 13.2. The number of carbonyl (C=O) groups is 4. The molecule has 1 aromatic rings. The number of hydrogen-bond acceptors (Lipinski definition) is 7. The lowest BCUT2D eigenvalue weighted by atomic mass is 9.99. The minimum atomic E-state index is -1.95. The van der Waals surface area contributed by atoms with Crippen molar-refractivity contribution in [1.82, 2.24) is 16.0 Å². The predicted molar refractivity (Wildman–Crippen MR) is 143 cm³/mol. The molecule has 2 heterocycles. The Morgan fingerprint density at radius 3 is 2.50 bits per heavy atom. The Morgan fingerprint density at radius 1 is 1.13 bits per heavy atom. The molecule has 3 N–H and O–H groups in total. The fraction of sp³-hybridized carbons (Fsp3) is 0.571. The van der Waals surface area contributed by atoms with Crippen molar-refractivity contribution < 1.29 is 28.7 Å². The van der Waals surface area contributed by atoms with Gasteiger partial charge in [-0.25, -0.2) is 4.79 Å². The standard InChI is InChI=1S/C28H40N4O6/c1-7-37-27(36)28(31-24(33)20-15-19-10-8-9-11-22(19)32(6)16-20)23(38-28)26(35)30-21(14-18(4)5)25(34)29-13-12-17(2)3/h8-11,16-18,21,23H,7,12-15H2,1-6H3,(H,29,34)(H,30,35)(H,31,33). The van der Waals surface area contributed by atoms with Crippen molar-refractivity contribution in [2.45, 2.75) is 71.8 Å². The predicted octanol–water partition coefficient (Wildman–Crippen LogP) is 2.03. The largest absolute Gasteiger partial charge is 0.462 e. The van der Waals surface area contributed by atoms with Gasteiger partial charge in [0, 0.05) is 37.5 Å². The van der Waals surface area contributed by atoms with Crippen LogP contribution < -0.4 is 20.9 Å². The summed E-state index contributed by atoms with van der Waals surface area (Å²) in [6.45, 7) is 10.2. The summed E-state index contributed by atoms with van der Waals surface area (Å²) in [7, 11) is 1.83. The van der Waals surface area contributed by atoms with E-state index in [0.717, 1.165) is 17.7 Å². The van der Waals surface area contributed by atoms with E-state index in [1.807, 2.05) is 50.1 Å². The molecule has 0 aromatic heterocycles. The number of benzene rings is 1. The van der Waals surface area contributed by atoms with Crippen molar-refractivity contribution in [3.05, 3.63) is 41.6 Å². The van der Waals surface area contributed by atoms with Gasteiger partial charge in [0.25, 0.3) is 17.5 Å². The SMILES string of the molecule is CCOC(=O)C1(NC(=O)C2=CN(C)c3ccccc3C2)OC1C(=O)NC(CC(C)C)C(=O)NCCC(C)C. The van der Waals surface area contributed by atoms with Gasteiger partial charge in [-0.05, 0) is 43.2 Å². The first-order valence-corrected chi connectivity index (χ1v) is 13.3. The van der Waals surface area contributed by atoms with Crippen LogP contribution in [0.2, 0.25) is 0 Å². The lowest BCUT2D eigenvalue weighted by molar-refractivity contribution is -0.152. The molecule has 10 nitrogen and oxygen atoms in total. The first kappa shape index (κ1) is 29.2. The topological polar surface area (TPSA) is 129 Å². The molecule has 3 amide bonds. The maximum atomic E-state index is 13.2. The second kappa shape index (κ2) is 12.4. The van der Waals surface area contributed by atoms with Gasteiger partial charge < -0.3 is 30.3 Å². The van der Waals surface area contributed by atoms with E-state index < -0.39 is 35.7 Å². The normalized spacial score (nSPS) is 20.8. The summed E-state index contributed by atoms with van der Waals surface area (Å²) in [6.07, 6.45) is 1.94. The molecule has 3 rings (SSSR count). The van der Waals surface area contributed by atoms with Gasteiger partial charge in [0.05, 0.1) is 6.61 Å². The van der Waals surface area contributed by atoms with E-state index in [0.29, 0.717) is 30.9 Å². The molecule has 0 radical (unpaired) electrons. The summed E-state index contributed by atoms with van der Waals surface area (Å²) in [5.74, 6) is -1.81. The van der Waals surface area contributed by atoms with Crippen LogP contribution in [0.25, 0.3) is 0 Å². The van der Waals surface area contributed by atoms with Gasteiger partial charge in [-0.3, -0.25) is 14.4 Å². The van der Waals surface area contributed by atoms with Crippen molar-refractivity contribution >= 4 is 29.4 Å². The number of hydrogen-bond donors (Lipinski definition) is 3. The summed E-state index contributed by atoms with van der Waals surface area (Å²) in [5, 5.41) is 8.18. The number of para-hydroxylation sites is 1. The summed E-state index contributed by atoms with van der Waals surface area (Å²) in [4.78, 5) is 53.9. The van der Waals surface area contributed by atoms with Crippen molar-refractivity contribution in [2.75, 3.05) is 25.1 Å². The van der Waals surface area contributed by atoms with E-state index in [4.69, 9.17) is 9.47 Å². The highest BCUT2D eigenvalue weighted by atomic mass is 16.7. The summed E-state index contributed by atoms with van der Waals surface area (Å²) >= 11 is 0. The van der Waals surface area contributed by atoms with Gasteiger partial charge in [-0.1, -0.05) is 45.9 Å². The highest BCUT2D eigenvalue weighted by Gasteiger charge is 2.69. The van der Waals surface area contributed by atoms with Gasteiger partial charge in [0.1, 0.15) is 6.04 Å². The van der Waals surface area contributed by atoms with E-state index in [9.17, 15) is 19.2 Å². The second-order valence-electron chi connectivity index (χ2n) is 10.6. The van der Waals surface area contributed by atoms with Gasteiger partial charge in [0.2, 0.25) is 5.91 Å². The van der Waals surface area contributed by atoms with E-state index in [-0.39, 0.29) is 18.4 Å². The number of ether oxygens (including phenoxy) is 2. The Bertz CT molecular complexity index is 1080. The number of carbonyl (C=O) groups excluding carboxylic acids is 4. The van der Waals surface area contributed by atoms with E-state index in [1.54, 1.807) is 13.1 Å². The number of nitrogens with one attached hydrogen (secondary N) is 3. The van der Waals surface area contributed by atoms with Crippen LogP contribution in [0.5, 0.6) is 0 Å². The number of anilines is 1. The number of esters is 1. The van der Waals surface area contributed by atoms with E-state index >= 15 is 0 Å². The Balaban J connectivity index is 1.72. The molecule has 0 saturated carbocycles. The fourth-order valence-electron chi connectivity index (χ4n) is 4.43. The molecule has 38 heavy (non-hydrogen) atoms. The molecule has 0 aliphatic carbocycles. The third kappa shape index (κ3) is 6.92. The Kier molecular flexibility index (Phi) is 9.54. The van der Waals surface area contributed by atoms with Crippen LogP contribution >= 0.6 is 0 Å². The second-order valence-corrected chi connectivity index (χ2v) is 10.6. The van der Waals surface area contributed by atoms with Crippen molar-refractivity contribution in [2.24, 2.45) is 11.8 Å². The molecule has 1 saturated heterocycles. The zero-order valence-corrected chi connectivity index (χ0v) is 23.1. The number of rotatable bonds is 12. The van der Waals surface area contributed by atoms with Crippen LogP contribution in [-0.2, 0) is 35.1 Å². The van der Waals surface area contributed by atoms with Crippen LogP contribution in [0.3, 0.4) is 0 Å². The average Bonchev–Trinajstić information content (AvgIpc) is 3.58. The van der Waals surface area contributed by atoms with Gasteiger partial charge in [0.15, 0.2) is 6.10 Å². The van der Waals surface area contributed by atoms with Crippen LogP contribution in [-0.4, -0.2) is 61.8 Å². The minimum Gasteiger partial charge on any atom is -0.462 e.